The number of aliphatic hydroxyl groups is 1. The number of hydrogen-bond acceptors (Lipinski definition) is 6. The van der Waals surface area contributed by atoms with Crippen molar-refractivity contribution in [2.24, 2.45) is 0 Å². The first-order chi connectivity index (χ1) is 17.3. The third-order valence-corrected chi connectivity index (χ3v) is 11.0. The first kappa shape index (κ1) is 27.9. The van der Waals surface area contributed by atoms with Crippen molar-refractivity contribution in [3.8, 4) is 0 Å². The van der Waals surface area contributed by atoms with E-state index in [1.165, 1.54) is 58.9 Å². The molecule has 6 nitrogen and oxygen atoms in total. The highest BCUT2D eigenvalue weighted by Gasteiger charge is 2.51. The van der Waals surface area contributed by atoms with Crippen LogP contribution < -0.4 is 4.90 Å². The van der Waals surface area contributed by atoms with Crippen LogP contribution in [0.25, 0.3) is 0 Å². The fourth-order valence-corrected chi connectivity index (χ4v) is 7.94. The standard InChI is InChI=1S/C24H24F4N2O4S3/c1-23(31,24(26,27)28)17-4-8-19(9-5-17)30-13-12-29(37(33,34)22-3-2-14-35-22)15-20(30)16-36(32)21-10-6-18(25)7-11-21/h2-11,14,20,31H,12-13,15-16H2,1H3/t20-,23+,36-/m1/s1. The summed E-state index contributed by atoms with van der Waals surface area (Å²) in [5.41, 5.74) is -2.88. The summed E-state index contributed by atoms with van der Waals surface area (Å²) in [6.45, 7) is 0.979. The first-order valence-electron chi connectivity index (χ1n) is 11.1. The van der Waals surface area contributed by atoms with Gasteiger partial charge in [0.2, 0.25) is 0 Å². The van der Waals surface area contributed by atoms with Gasteiger partial charge in [-0.1, -0.05) is 18.2 Å². The summed E-state index contributed by atoms with van der Waals surface area (Å²) in [7, 11) is -3.79. The van der Waals surface area contributed by atoms with Gasteiger partial charge in [0.25, 0.3) is 10.0 Å². The third-order valence-electron chi connectivity index (χ3n) is 6.27. The summed E-state index contributed by atoms with van der Waals surface area (Å²) < 4.78 is 94.0. The second kappa shape index (κ2) is 10.5. The topological polar surface area (TPSA) is 83.9 Å². The quantitative estimate of drug-likeness (QED) is 0.334. The molecule has 0 spiro atoms. The number of sulfonamides is 1. The molecule has 0 amide bonds. The minimum atomic E-state index is -4.87. The maximum absolute atomic E-state index is 13.3. The fourth-order valence-electron chi connectivity index (χ4n) is 4.06. The number of benzene rings is 2. The smallest absolute Gasteiger partial charge is 0.421 e. The van der Waals surface area contributed by atoms with Gasteiger partial charge in [-0.05, 0) is 71.5 Å². The molecule has 3 atom stereocenters. The summed E-state index contributed by atoms with van der Waals surface area (Å²) in [6, 6.07) is 12.9. The Morgan fingerprint density at radius 3 is 2.30 bits per heavy atom. The molecule has 0 unspecified atom stereocenters. The van der Waals surface area contributed by atoms with E-state index >= 15 is 0 Å². The number of anilines is 1. The predicted octanol–water partition coefficient (Wildman–Crippen LogP) is 4.34. The lowest BCUT2D eigenvalue weighted by Crippen LogP contribution is -2.57. The van der Waals surface area contributed by atoms with Crippen LogP contribution in [-0.4, -0.2) is 60.0 Å². The average molecular weight is 577 g/mol. The molecule has 2 heterocycles. The molecule has 0 radical (unpaired) electrons. The zero-order valence-electron chi connectivity index (χ0n) is 19.6. The molecule has 2 aromatic carbocycles. The highest BCUT2D eigenvalue weighted by molar-refractivity contribution is 7.91. The van der Waals surface area contributed by atoms with Gasteiger partial charge in [0.05, 0.1) is 6.04 Å². The van der Waals surface area contributed by atoms with Crippen LogP contribution in [0.4, 0.5) is 23.2 Å². The van der Waals surface area contributed by atoms with E-state index in [-0.39, 0.29) is 35.2 Å². The van der Waals surface area contributed by atoms with Crippen LogP contribution in [0, 0.1) is 5.82 Å². The van der Waals surface area contributed by atoms with E-state index in [1.807, 2.05) is 0 Å². The molecule has 1 aromatic heterocycles. The third kappa shape index (κ3) is 5.81. The highest BCUT2D eigenvalue weighted by atomic mass is 32.2. The summed E-state index contributed by atoms with van der Waals surface area (Å²) in [6.07, 6.45) is -4.87. The van der Waals surface area contributed by atoms with Crippen LogP contribution in [0.15, 0.2) is 75.1 Å². The molecule has 0 aliphatic carbocycles. The summed E-state index contributed by atoms with van der Waals surface area (Å²) >= 11 is -0.523. The Morgan fingerprint density at radius 2 is 1.73 bits per heavy atom. The molecule has 1 saturated heterocycles. The van der Waals surface area contributed by atoms with E-state index in [2.05, 4.69) is 0 Å². The number of piperazine rings is 1. The van der Waals surface area contributed by atoms with E-state index in [4.69, 9.17) is 0 Å². The first-order valence-corrected chi connectivity index (χ1v) is 14.8. The second-order valence-electron chi connectivity index (χ2n) is 8.73. The lowest BCUT2D eigenvalue weighted by atomic mass is 9.95. The Balaban J connectivity index is 1.62. The van der Waals surface area contributed by atoms with Crippen molar-refractivity contribution in [1.29, 1.82) is 0 Å². The Labute approximate surface area is 219 Å². The average Bonchev–Trinajstić information content (AvgIpc) is 3.40. The Kier molecular flexibility index (Phi) is 7.94. The zero-order valence-corrected chi connectivity index (χ0v) is 22.0. The van der Waals surface area contributed by atoms with Crippen LogP contribution >= 0.6 is 11.3 Å². The SMILES string of the molecule is C[C@](O)(c1ccc(N2CCN(S(=O)(=O)c3cccs3)C[C@@H]2C[S@@+]([O-])c2ccc(F)cc2)cc1)C(F)(F)F. The number of halogens is 4. The lowest BCUT2D eigenvalue weighted by molar-refractivity contribution is -0.258. The van der Waals surface area contributed by atoms with E-state index < -0.39 is 44.8 Å². The number of rotatable bonds is 7. The molecule has 1 aliphatic rings. The molecule has 0 saturated carbocycles. The molecule has 37 heavy (non-hydrogen) atoms. The van der Waals surface area contributed by atoms with Gasteiger partial charge >= 0.3 is 6.18 Å². The maximum Gasteiger partial charge on any atom is 0.421 e. The van der Waals surface area contributed by atoms with Gasteiger partial charge < -0.3 is 14.6 Å². The summed E-state index contributed by atoms with van der Waals surface area (Å²) in [4.78, 5) is 2.17. The van der Waals surface area contributed by atoms with E-state index in [1.54, 1.807) is 16.3 Å². The van der Waals surface area contributed by atoms with Crippen molar-refractivity contribution in [2.45, 2.75) is 33.8 Å². The van der Waals surface area contributed by atoms with Crippen molar-refractivity contribution >= 4 is 38.2 Å². The lowest BCUT2D eigenvalue weighted by Gasteiger charge is -2.41. The number of thiophene rings is 1. The Bertz CT molecular complexity index is 1300. The summed E-state index contributed by atoms with van der Waals surface area (Å²) in [5, 5.41) is 11.6. The van der Waals surface area contributed by atoms with E-state index in [0.717, 1.165) is 11.3 Å². The normalized spacial score (nSPS) is 20.0. The van der Waals surface area contributed by atoms with Gasteiger partial charge in [0, 0.05) is 25.3 Å². The van der Waals surface area contributed by atoms with E-state index in [0.29, 0.717) is 17.5 Å². The largest absolute Gasteiger partial charge is 0.611 e. The van der Waals surface area contributed by atoms with Crippen LogP contribution in [0.5, 0.6) is 0 Å². The van der Waals surface area contributed by atoms with Gasteiger partial charge in [0.1, 0.15) is 15.8 Å². The van der Waals surface area contributed by atoms with E-state index in [9.17, 15) is 35.6 Å². The van der Waals surface area contributed by atoms with Gasteiger partial charge in [-0.25, -0.2) is 12.8 Å². The molecular weight excluding hydrogens is 552 g/mol. The van der Waals surface area contributed by atoms with Gasteiger partial charge in [-0.3, -0.25) is 0 Å². The van der Waals surface area contributed by atoms with Crippen molar-refractivity contribution in [1.82, 2.24) is 4.31 Å². The number of nitrogens with zero attached hydrogens (tertiary/aromatic N) is 2. The molecule has 4 rings (SSSR count). The minimum absolute atomic E-state index is 0.00408. The number of hydrogen-bond donors (Lipinski definition) is 1. The van der Waals surface area contributed by atoms with Gasteiger partial charge in [-0.2, -0.15) is 17.5 Å². The minimum Gasteiger partial charge on any atom is -0.611 e. The summed E-state index contributed by atoms with van der Waals surface area (Å²) in [5.74, 6) is -0.479. The monoisotopic (exact) mass is 576 g/mol. The zero-order chi connectivity index (χ0) is 27.0. The predicted molar refractivity (Wildman–Crippen MR) is 134 cm³/mol. The molecule has 0 bridgehead atoms. The Hall–Kier alpha value is -2.16. The van der Waals surface area contributed by atoms with Crippen molar-refractivity contribution in [3.05, 3.63) is 77.4 Å². The highest BCUT2D eigenvalue weighted by Crippen LogP contribution is 2.39. The second-order valence-corrected chi connectivity index (χ2v) is 13.3. The van der Waals surface area contributed by atoms with Gasteiger partial charge in [-0.15, -0.1) is 11.3 Å². The molecule has 13 heteroatoms. The number of alkyl halides is 3. The van der Waals surface area contributed by atoms with Crippen LogP contribution in [0.1, 0.15) is 12.5 Å². The molecule has 1 fully saturated rings. The molecule has 200 valence electrons. The van der Waals surface area contributed by atoms with Crippen molar-refractivity contribution in [3.63, 3.8) is 0 Å². The van der Waals surface area contributed by atoms with Crippen LogP contribution in [0.2, 0.25) is 0 Å². The Morgan fingerprint density at radius 1 is 1.08 bits per heavy atom. The fraction of sp³-hybridized carbons (Fsp3) is 0.333. The maximum atomic E-state index is 13.3. The molecule has 1 aliphatic heterocycles. The molecule has 3 aromatic rings. The van der Waals surface area contributed by atoms with Crippen LogP contribution in [0.3, 0.4) is 0 Å². The van der Waals surface area contributed by atoms with Crippen molar-refractivity contribution < 1.29 is 35.6 Å². The van der Waals surface area contributed by atoms with Gasteiger partial charge in [0.15, 0.2) is 10.5 Å². The molecule has 1 N–H and O–H groups in total. The molecular formula is C24H24F4N2O4S3. The van der Waals surface area contributed by atoms with Crippen molar-refractivity contribution in [2.75, 3.05) is 30.3 Å². The van der Waals surface area contributed by atoms with Crippen LogP contribution in [-0.2, 0) is 26.8 Å².